The van der Waals surface area contributed by atoms with Crippen LogP contribution in [0.3, 0.4) is 0 Å². The molecule has 0 N–H and O–H groups in total. The van der Waals surface area contributed by atoms with Gasteiger partial charge in [-0.05, 0) is 19.4 Å². The summed E-state index contributed by atoms with van der Waals surface area (Å²) in [6, 6.07) is 0. The second-order valence-electron chi connectivity index (χ2n) is 4.33. The molecule has 0 unspecified atom stereocenters. The highest BCUT2D eigenvalue weighted by atomic mass is 32.2. The number of hydrogen-bond acceptors (Lipinski definition) is 5. The molecule has 2 heterocycles. The number of rotatable bonds is 3. The average Bonchev–Trinajstić information content (AvgIpc) is 2.57. The zero-order valence-electron chi connectivity index (χ0n) is 10.9. The third kappa shape index (κ3) is 2.23. The standard InChI is InChI=1S/C12H14N2O3S2/c1-5-6-14-11(15)9-7(2)8(3)18-10(9)13-12(14)19(4,16)17/h5H,1,6H2,2-4H3. The highest BCUT2D eigenvalue weighted by Gasteiger charge is 2.21. The fraction of sp³-hybridized carbons (Fsp3) is 0.333. The number of aryl methyl sites for hydroxylation is 2. The van der Waals surface area contributed by atoms with Crippen LogP contribution in [0, 0.1) is 13.8 Å². The van der Waals surface area contributed by atoms with Gasteiger partial charge in [0, 0.05) is 17.7 Å². The van der Waals surface area contributed by atoms with E-state index in [0.29, 0.717) is 10.2 Å². The smallest absolute Gasteiger partial charge is 0.263 e. The molecule has 2 rings (SSSR count). The molecule has 7 heteroatoms. The van der Waals surface area contributed by atoms with Crippen molar-refractivity contribution >= 4 is 31.4 Å². The van der Waals surface area contributed by atoms with Crippen LogP contribution in [0.1, 0.15) is 10.4 Å². The lowest BCUT2D eigenvalue weighted by Gasteiger charge is -2.08. The van der Waals surface area contributed by atoms with Crippen molar-refractivity contribution in [2.24, 2.45) is 0 Å². The van der Waals surface area contributed by atoms with Crippen molar-refractivity contribution < 1.29 is 8.42 Å². The highest BCUT2D eigenvalue weighted by molar-refractivity contribution is 7.90. The normalized spacial score (nSPS) is 11.9. The number of hydrogen-bond donors (Lipinski definition) is 0. The fourth-order valence-electron chi connectivity index (χ4n) is 1.88. The van der Waals surface area contributed by atoms with Gasteiger partial charge in [0.25, 0.3) is 5.56 Å². The number of allylic oxidation sites excluding steroid dienone is 1. The minimum Gasteiger partial charge on any atom is -0.279 e. The minimum absolute atomic E-state index is 0.124. The van der Waals surface area contributed by atoms with Crippen LogP contribution in [0.15, 0.2) is 22.6 Å². The third-order valence-corrected chi connectivity index (χ3v) is 4.97. The van der Waals surface area contributed by atoms with E-state index in [2.05, 4.69) is 11.6 Å². The van der Waals surface area contributed by atoms with E-state index in [1.54, 1.807) is 0 Å². The Morgan fingerprint density at radius 1 is 1.42 bits per heavy atom. The molecule has 2 aromatic heterocycles. The maximum atomic E-state index is 12.4. The van der Waals surface area contributed by atoms with Gasteiger partial charge >= 0.3 is 0 Å². The van der Waals surface area contributed by atoms with E-state index in [1.165, 1.54) is 17.4 Å². The van der Waals surface area contributed by atoms with Gasteiger partial charge < -0.3 is 0 Å². The molecule has 102 valence electrons. The van der Waals surface area contributed by atoms with Crippen LogP contribution in [0.5, 0.6) is 0 Å². The molecule has 5 nitrogen and oxygen atoms in total. The summed E-state index contributed by atoms with van der Waals surface area (Å²) < 4.78 is 24.7. The number of thiophene rings is 1. The van der Waals surface area contributed by atoms with Crippen LogP contribution in [0.2, 0.25) is 0 Å². The summed E-state index contributed by atoms with van der Waals surface area (Å²) in [6.45, 7) is 7.40. The molecule has 19 heavy (non-hydrogen) atoms. The molecule has 0 aromatic carbocycles. The SMILES string of the molecule is C=CCn1c(S(C)(=O)=O)nc2sc(C)c(C)c2c1=O. The van der Waals surface area contributed by atoms with Crippen molar-refractivity contribution in [3.05, 3.63) is 33.4 Å². The predicted molar refractivity (Wildman–Crippen MR) is 76.7 cm³/mol. The molecule has 0 amide bonds. The molecule has 0 aliphatic heterocycles. The Hall–Kier alpha value is -1.47. The predicted octanol–water partition coefficient (Wildman–Crippen LogP) is 1.66. The van der Waals surface area contributed by atoms with E-state index >= 15 is 0 Å². The molecule has 2 aromatic rings. The zero-order valence-corrected chi connectivity index (χ0v) is 12.6. The molecule has 0 saturated heterocycles. The topological polar surface area (TPSA) is 69.0 Å². The lowest BCUT2D eigenvalue weighted by molar-refractivity contribution is 0.570. The van der Waals surface area contributed by atoms with Crippen molar-refractivity contribution in [2.75, 3.05) is 6.26 Å². The van der Waals surface area contributed by atoms with Gasteiger partial charge in [-0.25, -0.2) is 13.4 Å². The molecule has 0 aliphatic rings. The summed E-state index contributed by atoms with van der Waals surface area (Å²) in [5, 5.41) is 0.294. The van der Waals surface area contributed by atoms with E-state index in [9.17, 15) is 13.2 Å². The quantitative estimate of drug-likeness (QED) is 0.638. The number of nitrogens with zero attached hydrogens (tertiary/aromatic N) is 2. The van der Waals surface area contributed by atoms with E-state index in [0.717, 1.165) is 21.3 Å². The Morgan fingerprint density at radius 3 is 2.58 bits per heavy atom. The van der Waals surface area contributed by atoms with E-state index in [1.807, 2.05) is 13.8 Å². The van der Waals surface area contributed by atoms with Crippen molar-refractivity contribution in [2.45, 2.75) is 25.5 Å². The van der Waals surface area contributed by atoms with Crippen LogP contribution >= 0.6 is 11.3 Å². The molecule has 0 fully saturated rings. The number of sulfone groups is 1. The Balaban J connectivity index is 3.02. The first-order chi connectivity index (χ1) is 8.77. The first-order valence-electron chi connectivity index (χ1n) is 5.59. The van der Waals surface area contributed by atoms with Crippen LogP contribution in [-0.2, 0) is 16.4 Å². The van der Waals surface area contributed by atoms with Crippen molar-refractivity contribution in [3.63, 3.8) is 0 Å². The number of aromatic nitrogens is 2. The van der Waals surface area contributed by atoms with Gasteiger partial charge in [0.1, 0.15) is 4.83 Å². The lowest BCUT2D eigenvalue weighted by atomic mass is 10.2. The van der Waals surface area contributed by atoms with Gasteiger partial charge in [-0.3, -0.25) is 9.36 Å². The molecule has 0 atom stereocenters. The molecular weight excluding hydrogens is 284 g/mol. The fourth-order valence-corrected chi connectivity index (χ4v) is 3.77. The molecule has 0 radical (unpaired) electrons. The summed E-state index contributed by atoms with van der Waals surface area (Å²) in [5.74, 6) is 0. The average molecular weight is 298 g/mol. The number of fused-ring (bicyclic) bond motifs is 1. The van der Waals surface area contributed by atoms with Gasteiger partial charge in [0.05, 0.1) is 5.39 Å². The van der Waals surface area contributed by atoms with Gasteiger partial charge in [0.2, 0.25) is 15.0 Å². The largest absolute Gasteiger partial charge is 0.279 e. The maximum Gasteiger partial charge on any atom is 0.263 e. The molecular formula is C12H14N2O3S2. The Morgan fingerprint density at radius 2 is 2.05 bits per heavy atom. The highest BCUT2D eigenvalue weighted by Crippen LogP contribution is 2.26. The second kappa shape index (κ2) is 4.57. The van der Waals surface area contributed by atoms with Gasteiger partial charge in [-0.15, -0.1) is 17.9 Å². The van der Waals surface area contributed by atoms with Crippen LogP contribution in [0.4, 0.5) is 0 Å². The summed E-state index contributed by atoms with van der Waals surface area (Å²) in [5.41, 5.74) is 0.530. The molecule has 0 aliphatic carbocycles. The molecule has 0 saturated carbocycles. The van der Waals surface area contributed by atoms with E-state index < -0.39 is 9.84 Å². The molecule has 0 bridgehead atoms. The van der Waals surface area contributed by atoms with Crippen LogP contribution < -0.4 is 5.56 Å². The summed E-state index contributed by atoms with van der Waals surface area (Å²) in [7, 11) is -3.56. The summed E-state index contributed by atoms with van der Waals surface area (Å²) in [4.78, 5) is 18.0. The van der Waals surface area contributed by atoms with Gasteiger partial charge in [-0.1, -0.05) is 6.08 Å². The maximum absolute atomic E-state index is 12.4. The van der Waals surface area contributed by atoms with Crippen molar-refractivity contribution in [1.82, 2.24) is 9.55 Å². The van der Waals surface area contributed by atoms with E-state index in [-0.39, 0.29) is 17.3 Å². The minimum atomic E-state index is -3.56. The monoisotopic (exact) mass is 298 g/mol. The van der Waals surface area contributed by atoms with Gasteiger partial charge in [-0.2, -0.15) is 0 Å². The summed E-state index contributed by atoms with van der Waals surface area (Å²) in [6.07, 6.45) is 2.53. The lowest BCUT2D eigenvalue weighted by Crippen LogP contribution is -2.26. The van der Waals surface area contributed by atoms with Gasteiger partial charge in [0.15, 0.2) is 0 Å². The Bertz CT molecular complexity index is 829. The van der Waals surface area contributed by atoms with E-state index in [4.69, 9.17) is 0 Å². The zero-order chi connectivity index (χ0) is 14.4. The second-order valence-corrected chi connectivity index (χ2v) is 7.45. The summed E-state index contributed by atoms with van der Waals surface area (Å²) >= 11 is 1.34. The first kappa shape index (κ1) is 14.0. The van der Waals surface area contributed by atoms with Crippen LogP contribution in [-0.4, -0.2) is 24.2 Å². The third-order valence-electron chi connectivity index (χ3n) is 2.90. The Kier molecular flexibility index (Phi) is 3.36. The van der Waals surface area contributed by atoms with Crippen molar-refractivity contribution in [1.29, 1.82) is 0 Å². The van der Waals surface area contributed by atoms with Crippen molar-refractivity contribution in [3.8, 4) is 0 Å². The van der Waals surface area contributed by atoms with Crippen LogP contribution in [0.25, 0.3) is 10.2 Å². The molecule has 0 spiro atoms. The Labute approximate surface area is 115 Å². The first-order valence-corrected chi connectivity index (χ1v) is 8.29.